The number of rotatable bonds is 13. The van der Waals surface area contributed by atoms with Gasteiger partial charge in [0.05, 0.1) is 0 Å². The zero-order valence-electron chi connectivity index (χ0n) is 33.2. The second-order valence-corrected chi connectivity index (χ2v) is 16.3. The summed E-state index contributed by atoms with van der Waals surface area (Å²) in [4.78, 5) is 3.89. The van der Waals surface area contributed by atoms with Crippen molar-refractivity contribution < 1.29 is 26.1 Å². The van der Waals surface area contributed by atoms with E-state index in [9.17, 15) is 0 Å². The number of nitrogens with zero attached hydrogens (tertiary/aromatic N) is 1. The van der Waals surface area contributed by atoms with Crippen LogP contribution >= 0.6 is 0 Å². The molecule has 1 atom stereocenters. The molecule has 0 bridgehead atoms. The van der Waals surface area contributed by atoms with Crippen molar-refractivity contribution in [3.05, 3.63) is 97.2 Å². The molecule has 2 nitrogen and oxygen atoms in total. The maximum absolute atomic E-state index is 5.76. The van der Waals surface area contributed by atoms with E-state index in [1.54, 1.807) is 12.2 Å². The standard InChI is InChI=1S/C10H13N.C9H20.C8H10.C8H18.C5H10.C3H6N.Hg/c1-7(2)9-5-4-8(3)6-10(9)11;1-4-6-7-8-9(3)5-2;1-5-7(3)8(4)6-2;1-4-6-8(3)7-5-2;1-4-5(2)3;1-3-4-2;/h4-6H,1,11H2,2-3H3;9H,4-8H2,1-3H3;5-6H,1-4H2;8H,4-7H2,1-3H3;4H,1-3H3;1-2H3;. The van der Waals surface area contributed by atoms with Crippen LogP contribution in [0.4, 0.5) is 5.69 Å². The van der Waals surface area contributed by atoms with Crippen LogP contribution in [-0.4, -0.2) is 10.3 Å². The molecular formula is C43H77HgN2. The van der Waals surface area contributed by atoms with Gasteiger partial charge in [0.1, 0.15) is 0 Å². The van der Waals surface area contributed by atoms with Crippen LogP contribution in [0.15, 0.2) is 91.0 Å². The number of nitrogen functional groups attached to an aromatic ring is 1. The summed E-state index contributed by atoms with van der Waals surface area (Å²) in [7, 11) is 1.84. The summed E-state index contributed by atoms with van der Waals surface area (Å²) < 4.78 is 1.32. The zero-order chi connectivity index (χ0) is 37.1. The first-order valence-electron chi connectivity index (χ1n) is 17.5. The van der Waals surface area contributed by atoms with Gasteiger partial charge in [0.2, 0.25) is 0 Å². The topological polar surface area (TPSA) is 38.4 Å². The number of hydrogen-bond donors (Lipinski definition) is 1. The average molecular weight is 823 g/mol. The Labute approximate surface area is 306 Å². The number of anilines is 1. The number of nitrogens with two attached hydrogens (primary N) is 1. The summed E-state index contributed by atoms with van der Waals surface area (Å²) in [5.41, 5.74) is 12.9. The number of hydrogen-bond acceptors (Lipinski definition) is 2. The fraction of sp³-hybridized carbons (Fsp3) is 0.558. The minimum atomic E-state index is 0.779. The zero-order valence-corrected chi connectivity index (χ0v) is 38.7. The molecule has 0 heterocycles. The molecule has 0 radical (unpaired) electrons. The predicted molar refractivity (Wildman–Crippen MR) is 216 cm³/mol. The van der Waals surface area contributed by atoms with Crippen LogP contribution < -0.4 is 5.73 Å². The van der Waals surface area contributed by atoms with Gasteiger partial charge in [-0.15, -0.1) is 0 Å². The quantitative estimate of drug-likeness (QED) is 0.0528. The third-order valence-electron chi connectivity index (χ3n) is 7.09. The number of unbranched alkanes of at least 4 members (excludes halogenated alkanes) is 2. The van der Waals surface area contributed by atoms with Crippen LogP contribution in [0.25, 0.3) is 5.57 Å². The molecule has 46 heavy (non-hydrogen) atoms. The van der Waals surface area contributed by atoms with Gasteiger partial charge in [-0.05, 0) is 80.4 Å². The van der Waals surface area contributed by atoms with Crippen molar-refractivity contribution in [2.45, 2.75) is 141 Å². The number of allylic oxidation sites excluding steroid dienone is 7. The molecule has 0 aliphatic rings. The van der Waals surface area contributed by atoms with E-state index in [0.717, 1.165) is 65.9 Å². The van der Waals surface area contributed by atoms with Crippen LogP contribution in [-0.2, 0) is 26.1 Å². The van der Waals surface area contributed by atoms with Crippen LogP contribution in [0.1, 0.15) is 145 Å². The SMILES string of the molecule is C=C(C)c1ccc(C)cc1N.C=CC(=C)C(=C)C=C.CC=C(C)C.CCCC(C)CCC.CCCCCC(C)CC.CN=[C](C)[Hg]. The Balaban J connectivity index is -0.000000150. The van der Waals surface area contributed by atoms with E-state index in [-0.39, 0.29) is 0 Å². The third kappa shape index (κ3) is 44.2. The number of benzene rings is 1. The molecule has 1 rings (SSSR count). The van der Waals surface area contributed by atoms with Gasteiger partial charge < -0.3 is 5.73 Å². The van der Waals surface area contributed by atoms with Crippen LogP contribution in [0.3, 0.4) is 0 Å². The summed E-state index contributed by atoms with van der Waals surface area (Å²) in [6.45, 7) is 44.2. The molecule has 1 unspecified atom stereocenters. The van der Waals surface area contributed by atoms with Crippen molar-refractivity contribution in [1.29, 1.82) is 0 Å². The van der Waals surface area contributed by atoms with E-state index >= 15 is 0 Å². The molecule has 0 spiro atoms. The fourth-order valence-corrected chi connectivity index (χ4v) is 3.41. The van der Waals surface area contributed by atoms with Gasteiger partial charge in [-0.1, -0.05) is 168 Å². The second-order valence-electron chi connectivity index (χ2n) is 12.3. The monoisotopic (exact) mass is 824 g/mol. The van der Waals surface area contributed by atoms with Crippen molar-refractivity contribution in [3.63, 3.8) is 0 Å². The van der Waals surface area contributed by atoms with Crippen LogP contribution in [0, 0.1) is 18.8 Å². The van der Waals surface area contributed by atoms with E-state index in [4.69, 9.17) is 5.73 Å². The number of aliphatic imine (C=N–C) groups is 1. The molecule has 1 aromatic rings. The van der Waals surface area contributed by atoms with Gasteiger partial charge in [-0.2, -0.15) is 0 Å². The van der Waals surface area contributed by atoms with Gasteiger partial charge in [0, 0.05) is 5.69 Å². The summed E-state index contributed by atoms with van der Waals surface area (Å²) in [6, 6.07) is 6.01. The van der Waals surface area contributed by atoms with Gasteiger partial charge in [0.15, 0.2) is 0 Å². The molecule has 0 amide bonds. The molecule has 0 saturated heterocycles. The molecule has 2 N–H and O–H groups in total. The maximum atomic E-state index is 5.76. The van der Waals surface area contributed by atoms with Crippen molar-refractivity contribution >= 4 is 14.5 Å². The van der Waals surface area contributed by atoms with E-state index in [0.29, 0.717) is 0 Å². The van der Waals surface area contributed by atoms with E-state index in [1.165, 1.54) is 72.1 Å². The van der Waals surface area contributed by atoms with Crippen molar-refractivity contribution in [2.24, 2.45) is 16.8 Å². The van der Waals surface area contributed by atoms with E-state index < -0.39 is 0 Å². The van der Waals surface area contributed by atoms with Crippen LogP contribution in [0.2, 0.25) is 0 Å². The Morgan fingerprint density at radius 1 is 0.826 bits per heavy atom. The van der Waals surface area contributed by atoms with Gasteiger partial charge in [0.25, 0.3) is 0 Å². The predicted octanol–water partition coefficient (Wildman–Crippen LogP) is 14.5. The van der Waals surface area contributed by atoms with Gasteiger partial charge >= 0.3 is 48.3 Å². The summed E-state index contributed by atoms with van der Waals surface area (Å²) in [5, 5.41) is 0. The van der Waals surface area contributed by atoms with Gasteiger partial charge in [-0.25, -0.2) is 0 Å². The van der Waals surface area contributed by atoms with Crippen molar-refractivity contribution in [2.75, 3.05) is 12.8 Å². The van der Waals surface area contributed by atoms with E-state index in [1.807, 2.05) is 46.0 Å². The number of aryl methyl sites for hydroxylation is 1. The molecule has 0 aromatic heterocycles. The van der Waals surface area contributed by atoms with Crippen LogP contribution in [0.5, 0.6) is 0 Å². The normalized spacial score (nSPS) is 10.2. The Hall–Kier alpha value is -1.93. The molecule has 0 saturated carbocycles. The van der Waals surface area contributed by atoms with Gasteiger partial charge in [-0.3, -0.25) is 0 Å². The molecule has 0 fully saturated rings. The Kier molecular flexibility index (Phi) is 45.7. The minimum absolute atomic E-state index is 0.779. The first-order valence-corrected chi connectivity index (χ1v) is 20.2. The molecule has 0 aliphatic carbocycles. The first kappa shape index (κ1) is 53.6. The van der Waals surface area contributed by atoms with Crippen molar-refractivity contribution in [1.82, 2.24) is 0 Å². The second kappa shape index (κ2) is 39.2. The Morgan fingerprint density at radius 2 is 1.26 bits per heavy atom. The molecule has 3 heteroatoms. The summed E-state index contributed by atoms with van der Waals surface area (Å²) >= 11 is 0.779. The first-order chi connectivity index (χ1) is 21.5. The Morgan fingerprint density at radius 3 is 1.52 bits per heavy atom. The molecule has 0 aliphatic heterocycles. The molecule has 261 valence electrons. The average Bonchev–Trinajstić information content (AvgIpc) is 3.01. The summed E-state index contributed by atoms with van der Waals surface area (Å²) in [6.07, 6.45) is 17.9. The Bertz CT molecular complexity index is 933. The fourth-order valence-electron chi connectivity index (χ4n) is 3.41. The molecule has 1 aromatic carbocycles. The van der Waals surface area contributed by atoms with Crippen molar-refractivity contribution in [3.8, 4) is 0 Å². The summed E-state index contributed by atoms with van der Waals surface area (Å²) in [5.74, 6) is 1.92. The van der Waals surface area contributed by atoms with E-state index in [2.05, 4.69) is 106 Å². The third-order valence-corrected chi connectivity index (χ3v) is 8.32. The molecular weight excluding hydrogens is 745 g/mol.